The van der Waals surface area contributed by atoms with E-state index in [0.29, 0.717) is 11.8 Å². The molecule has 0 spiro atoms. The molecule has 0 atom stereocenters. The fourth-order valence-corrected chi connectivity index (χ4v) is 2.56. The molecule has 4 nitrogen and oxygen atoms in total. The summed E-state index contributed by atoms with van der Waals surface area (Å²) in [7, 11) is -3.96. The Balaban J connectivity index is 2.32. The van der Waals surface area contributed by atoms with Gasteiger partial charge in [-0.15, -0.1) is 0 Å². The monoisotopic (exact) mass is 296 g/mol. The van der Waals surface area contributed by atoms with Gasteiger partial charge >= 0.3 is 10.1 Å². The summed E-state index contributed by atoms with van der Waals surface area (Å²) < 4.78 is 28.9. The SMILES string of the molecule is O=Cc1ccc(S(=O)(=O)Oc2ccccc2Cl)cc1. The molecule has 2 aromatic rings. The average Bonchev–Trinajstić information content (AvgIpc) is 2.41. The number of rotatable bonds is 4. The van der Waals surface area contributed by atoms with Gasteiger partial charge in [-0.05, 0) is 24.3 Å². The lowest BCUT2D eigenvalue weighted by Gasteiger charge is -2.08. The van der Waals surface area contributed by atoms with Crippen molar-refractivity contribution in [1.82, 2.24) is 0 Å². The van der Waals surface area contributed by atoms with E-state index in [9.17, 15) is 13.2 Å². The van der Waals surface area contributed by atoms with Gasteiger partial charge in [0.25, 0.3) is 0 Å². The first-order chi connectivity index (χ1) is 9.03. The Hall–Kier alpha value is -1.85. The first kappa shape index (κ1) is 13.6. The quantitative estimate of drug-likeness (QED) is 0.643. The van der Waals surface area contributed by atoms with Gasteiger partial charge in [-0.1, -0.05) is 35.9 Å². The molecule has 0 heterocycles. The average molecular weight is 297 g/mol. The number of hydrogen-bond donors (Lipinski definition) is 0. The lowest BCUT2D eigenvalue weighted by atomic mass is 10.2. The van der Waals surface area contributed by atoms with Gasteiger partial charge in [0.2, 0.25) is 0 Å². The van der Waals surface area contributed by atoms with Crippen LogP contribution in [0.3, 0.4) is 0 Å². The molecule has 6 heteroatoms. The van der Waals surface area contributed by atoms with E-state index < -0.39 is 10.1 Å². The molecule has 0 aliphatic heterocycles. The van der Waals surface area contributed by atoms with E-state index >= 15 is 0 Å². The molecule has 0 saturated carbocycles. The second kappa shape index (κ2) is 5.42. The molecular formula is C13H9ClO4S. The number of para-hydroxylation sites is 1. The van der Waals surface area contributed by atoms with Crippen LogP contribution in [-0.2, 0) is 10.1 Å². The van der Waals surface area contributed by atoms with Crippen molar-refractivity contribution < 1.29 is 17.4 Å². The van der Waals surface area contributed by atoms with Gasteiger partial charge in [0.05, 0.1) is 5.02 Å². The Morgan fingerprint density at radius 1 is 1.00 bits per heavy atom. The Morgan fingerprint density at radius 2 is 1.63 bits per heavy atom. The minimum atomic E-state index is -3.96. The molecule has 0 amide bonds. The Labute approximate surface area is 115 Å². The van der Waals surface area contributed by atoms with E-state index in [0.717, 1.165) is 0 Å². The van der Waals surface area contributed by atoms with Crippen molar-refractivity contribution in [3.8, 4) is 5.75 Å². The van der Waals surface area contributed by atoms with Crippen molar-refractivity contribution in [2.24, 2.45) is 0 Å². The van der Waals surface area contributed by atoms with Crippen molar-refractivity contribution in [3.63, 3.8) is 0 Å². The van der Waals surface area contributed by atoms with Crippen LogP contribution in [0.5, 0.6) is 5.75 Å². The van der Waals surface area contributed by atoms with Crippen LogP contribution in [0, 0.1) is 0 Å². The summed E-state index contributed by atoms with van der Waals surface area (Å²) in [5.74, 6) is 0.0589. The smallest absolute Gasteiger partial charge is 0.339 e. The number of halogens is 1. The van der Waals surface area contributed by atoms with Crippen molar-refractivity contribution >= 4 is 28.0 Å². The molecule has 0 radical (unpaired) electrons. The highest BCUT2D eigenvalue weighted by Crippen LogP contribution is 2.26. The lowest BCUT2D eigenvalue weighted by molar-refractivity contribution is 0.112. The highest BCUT2D eigenvalue weighted by molar-refractivity contribution is 7.87. The highest BCUT2D eigenvalue weighted by Gasteiger charge is 2.17. The fraction of sp³-hybridized carbons (Fsp3) is 0. The third-order valence-electron chi connectivity index (χ3n) is 2.34. The predicted octanol–water partition coefficient (Wildman–Crippen LogP) is 2.92. The molecule has 0 aliphatic carbocycles. The summed E-state index contributed by atoms with van der Waals surface area (Å²) >= 11 is 5.83. The van der Waals surface area contributed by atoms with Crippen molar-refractivity contribution in [2.45, 2.75) is 4.90 Å². The van der Waals surface area contributed by atoms with E-state index in [1.807, 2.05) is 0 Å². The first-order valence-electron chi connectivity index (χ1n) is 5.27. The summed E-state index contributed by atoms with van der Waals surface area (Å²) in [6, 6.07) is 11.7. The summed E-state index contributed by atoms with van der Waals surface area (Å²) in [6.07, 6.45) is 0.630. The third kappa shape index (κ3) is 3.13. The van der Waals surface area contributed by atoms with E-state index in [-0.39, 0.29) is 15.7 Å². The zero-order chi connectivity index (χ0) is 13.9. The minimum Gasteiger partial charge on any atom is -0.377 e. The van der Waals surface area contributed by atoms with Gasteiger partial charge in [-0.2, -0.15) is 8.42 Å². The molecule has 0 aromatic heterocycles. The van der Waals surface area contributed by atoms with Gasteiger partial charge < -0.3 is 4.18 Å². The molecule has 19 heavy (non-hydrogen) atoms. The zero-order valence-electron chi connectivity index (χ0n) is 9.62. The number of carbonyl (C=O) groups excluding carboxylic acids is 1. The number of carbonyl (C=O) groups is 1. The van der Waals surface area contributed by atoms with Crippen molar-refractivity contribution in [3.05, 3.63) is 59.1 Å². The Kier molecular flexibility index (Phi) is 3.87. The predicted molar refractivity (Wildman–Crippen MR) is 71.1 cm³/mol. The summed E-state index contributed by atoms with van der Waals surface area (Å²) in [5, 5.41) is 0.204. The van der Waals surface area contributed by atoms with Crippen LogP contribution >= 0.6 is 11.6 Å². The van der Waals surface area contributed by atoms with Crippen molar-refractivity contribution in [2.75, 3.05) is 0 Å². The molecular weight excluding hydrogens is 288 g/mol. The van der Waals surface area contributed by atoms with Gasteiger partial charge in [0.1, 0.15) is 11.2 Å². The highest BCUT2D eigenvalue weighted by atomic mass is 35.5. The van der Waals surface area contributed by atoms with Crippen molar-refractivity contribution in [1.29, 1.82) is 0 Å². The van der Waals surface area contributed by atoms with E-state index in [1.54, 1.807) is 12.1 Å². The van der Waals surface area contributed by atoms with Crippen LogP contribution < -0.4 is 4.18 Å². The summed E-state index contributed by atoms with van der Waals surface area (Å²) in [6.45, 7) is 0. The normalized spacial score (nSPS) is 11.0. The van der Waals surface area contributed by atoms with Crippen LogP contribution in [0.2, 0.25) is 5.02 Å². The Bertz CT molecular complexity index is 693. The molecule has 0 unspecified atom stereocenters. The van der Waals surface area contributed by atoms with Gasteiger partial charge in [0.15, 0.2) is 5.75 Å². The standard InChI is InChI=1S/C13H9ClO4S/c14-12-3-1-2-4-13(12)18-19(16,17)11-7-5-10(9-15)6-8-11/h1-9H. The minimum absolute atomic E-state index is 0.0435. The van der Waals surface area contributed by atoms with Crippen LogP contribution in [0.4, 0.5) is 0 Å². The lowest BCUT2D eigenvalue weighted by Crippen LogP contribution is -2.10. The van der Waals surface area contributed by atoms with E-state index in [4.69, 9.17) is 15.8 Å². The first-order valence-corrected chi connectivity index (χ1v) is 7.06. The summed E-state index contributed by atoms with van der Waals surface area (Å²) in [4.78, 5) is 10.5. The van der Waals surface area contributed by atoms with Crippen LogP contribution in [0.25, 0.3) is 0 Å². The largest absolute Gasteiger partial charge is 0.377 e. The van der Waals surface area contributed by atoms with Crippen LogP contribution in [0.1, 0.15) is 10.4 Å². The molecule has 0 saturated heterocycles. The molecule has 0 fully saturated rings. The third-order valence-corrected chi connectivity index (χ3v) is 3.90. The number of benzene rings is 2. The maximum Gasteiger partial charge on any atom is 0.339 e. The summed E-state index contributed by atoms with van der Waals surface area (Å²) in [5.41, 5.74) is 0.386. The second-order valence-corrected chi connectivity index (χ2v) is 5.61. The molecule has 0 bridgehead atoms. The molecule has 0 aliphatic rings. The molecule has 2 rings (SSSR count). The molecule has 0 N–H and O–H groups in total. The van der Waals surface area contributed by atoms with Crippen LogP contribution in [-0.4, -0.2) is 14.7 Å². The van der Waals surface area contributed by atoms with Crippen LogP contribution in [0.15, 0.2) is 53.4 Å². The number of aldehydes is 1. The van der Waals surface area contributed by atoms with Gasteiger partial charge in [-0.3, -0.25) is 4.79 Å². The van der Waals surface area contributed by atoms with E-state index in [2.05, 4.69) is 0 Å². The second-order valence-electron chi connectivity index (χ2n) is 3.65. The zero-order valence-corrected chi connectivity index (χ0v) is 11.2. The van der Waals surface area contributed by atoms with Gasteiger partial charge in [-0.25, -0.2) is 0 Å². The molecule has 2 aromatic carbocycles. The topological polar surface area (TPSA) is 60.4 Å². The number of hydrogen-bond acceptors (Lipinski definition) is 4. The maximum absolute atomic E-state index is 12.0. The van der Waals surface area contributed by atoms with E-state index in [1.165, 1.54) is 36.4 Å². The molecule has 98 valence electrons. The maximum atomic E-state index is 12.0. The Morgan fingerprint density at radius 3 is 2.21 bits per heavy atom. The van der Waals surface area contributed by atoms with Gasteiger partial charge in [0, 0.05) is 5.56 Å². The fourth-order valence-electron chi connectivity index (χ4n) is 1.39.